The number of fused-ring (bicyclic) bond motifs is 1. The maximum Gasteiger partial charge on any atom is 0.547 e. The first-order chi connectivity index (χ1) is 16.0. The standard InChI is InChI=1S/C21H27BN4O8/c1-4-25-8-9-26(19(29)18(25)28)21(32)24-15(11(2)3)17(27)23-14-10-12-6-5-7-13(20(30)31)16(12)34-22(14)33/h5-7,11,14-15,33H,4,8-10H2,1-3H3,(H,23,27)(H,24,32)(H,30,31)/t14-,15-/m0/s1. The number of benzene rings is 1. The summed E-state index contributed by atoms with van der Waals surface area (Å²) in [5, 5.41) is 24.8. The largest absolute Gasteiger partial charge is 0.547 e. The van der Waals surface area contributed by atoms with Crippen molar-refractivity contribution >= 4 is 36.8 Å². The first-order valence-corrected chi connectivity index (χ1v) is 11.0. The maximum atomic E-state index is 13.0. The molecular formula is C21H27BN4O8. The van der Waals surface area contributed by atoms with Gasteiger partial charge in [0.25, 0.3) is 0 Å². The van der Waals surface area contributed by atoms with Crippen LogP contribution in [0.15, 0.2) is 18.2 Å². The molecule has 0 bridgehead atoms. The van der Waals surface area contributed by atoms with E-state index in [2.05, 4.69) is 10.6 Å². The Morgan fingerprint density at radius 1 is 1.21 bits per heavy atom. The lowest BCUT2D eigenvalue weighted by Gasteiger charge is -2.34. The number of hydrogen-bond acceptors (Lipinski definition) is 7. The Hall–Kier alpha value is -3.61. The van der Waals surface area contributed by atoms with Gasteiger partial charge in [0.2, 0.25) is 5.91 Å². The number of carbonyl (C=O) groups excluding carboxylic acids is 4. The van der Waals surface area contributed by atoms with Gasteiger partial charge in [-0.1, -0.05) is 26.0 Å². The summed E-state index contributed by atoms with van der Waals surface area (Å²) < 4.78 is 5.38. The average Bonchev–Trinajstić information content (AvgIpc) is 2.78. The van der Waals surface area contributed by atoms with Crippen molar-refractivity contribution in [2.75, 3.05) is 19.6 Å². The van der Waals surface area contributed by atoms with Gasteiger partial charge in [0.05, 0.1) is 11.5 Å². The average molecular weight is 474 g/mol. The zero-order chi connectivity index (χ0) is 25.2. The number of hydrogen-bond donors (Lipinski definition) is 4. The fourth-order valence-electron chi connectivity index (χ4n) is 3.90. The zero-order valence-electron chi connectivity index (χ0n) is 19.1. The lowest BCUT2D eigenvalue weighted by molar-refractivity contribution is -0.153. The van der Waals surface area contributed by atoms with E-state index in [1.165, 1.54) is 17.0 Å². The number of carbonyl (C=O) groups is 5. The van der Waals surface area contributed by atoms with Gasteiger partial charge >= 0.3 is 30.9 Å². The topological polar surface area (TPSA) is 166 Å². The summed E-state index contributed by atoms with van der Waals surface area (Å²) in [7, 11) is -1.51. The number of carboxylic acids is 1. The Labute approximate surface area is 196 Å². The Kier molecular flexibility index (Phi) is 7.45. The number of nitrogens with one attached hydrogen (secondary N) is 2. The highest BCUT2D eigenvalue weighted by Gasteiger charge is 2.41. The monoisotopic (exact) mass is 474 g/mol. The molecule has 3 rings (SSSR count). The van der Waals surface area contributed by atoms with Crippen molar-refractivity contribution in [1.82, 2.24) is 20.4 Å². The van der Waals surface area contributed by atoms with E-state index >= 15 is 0 Å². The van der Waals surface area contributed by atoms with Gasteiger partial charge in [0, 0.05) is 19.6 Å². The number of amides is 5. The van der Waals surface area contributed by atoms with Crippen molar-refractivity contribution in [3.63, 3.8) is 0 Å². The van der Waals surface area contributed by atoms with E-state index < -0.39 is 48.8 Å². The van der Waals surface area contributed by atoms with Crippen LogP contribution in [0.5, 0.6) is 5.75 Å². The summed E-state index contributed by atoms with van der Waals surface area (Å²) in [6, 6.07) is 2.59. The Morgan fingerprint density at radius 3 is 2.53 bits per heavy atom. The van der Waals surface area contributed by atoms with Crippen molar-refractivity contribution in [3.8, 4) is 5.75 Å². The molecule has 2 atom stereocenters. The second-order valence-corrected chi connectivity index (χ2v) is 8.44. The SMILES string of the molecule is CCN1CCN(C(=O)N[C@H](C(=O)N[C@H]2Cc3cccc(C(=O)O)c3OB2O)C(C)C)C(=O)C1=O. The molecule has 2 aliphatic heterocycles. The van der Waals surface area contributed by atoms with E-state index in [-0.39, 0.29) is 36.7 Å². The van der Waals surface area contributed by atoms with E-state index in [0.29, 0.717) is 12.1 Å². The molecule has 1 fully saturated rings. The summed E-state index contributed by atoms with van der Waals surface area (Å²) >= 11 is 0. The molecule has 2 heterocycles. The third-order valence-corrected chi connectivity index (χ3v) is 5.84. The van der Waals surface area contributed by atoms with Gasteiger partial charge in [0.15, 0.2) is 0 Å². The number of rotatable bonds is 6. The van der Waals surface area contributed by atoms with E-state index in [1.54, 1.807) is 26.8 Å². The molecule has 182 valence electrons. The predicted octanol–water partition coefficient (Wildman–Crippen LogP) is -0.751. The molecule has 1 aromatic carbocycles. The van der Waals surface area contributed by atoms with E-state index in [1.807, 2.05) is 0 Å². The van der Waals surface area contributed by atoms with Crippen LogP contribution in [0.4, 0.5) is 4.79 Å². The van der Waals surface area contributed by atoms with Crippen molar-refractivity contribution in [2.24, 2.45) is 5.92 Å². The number of carboxylic acid groups (broad SMARTS) is 1. The van der Waals surface area contributed by atoms with E-state index in [4.69, 9.17) is 4.65 Å². The van der Waals surface area contributed by atoms with Crippen molar-refractivity contribution in [1.29, 1.82) is 0 Å². The summed E-state index contributed by atoms with van der Waals surface area (Å²) in [4.78, 5) is 63.6. The maximum absolute atomic E-state index is 13.0. The van der Waals surface area contributed by atoms with Gasteiger partial charge in [-0.2, -0.15) is 0 Å². The molecule has 1 aromatic rings. The molecule has 4 N–H and O–H groups in total. The summed E-state index contributed by atoms with van der Waals surface area (Å²) in [6.07, 6.45) is 0.105. The first-order valence-electron chi connectivity index (χ1n) is 11.0. The molecular weight excluding hydrogens is 447 g/mol. The minimum absolute atomic E-state index is 0.00849. The Bertz CT molecular complexity index is 1020. The number of piperazine rings is 1. The Balaban J connectivity index is 1.69. The van der Waals surface area contributed by atoms with Crippen LogP contribution in [0.3, 0.4) is 0 Å². The second kappa shape index (κ2) is 10.1. The molecule has 34 heavy (non-hydrogen) atoms. The fraction of sp³-hybridized carbons (Fsp3) is 0.476. The lowest BCUT2D eigenvalue weighted by Crippen LogP contribution is -2.62. The second-order valence-electron chi connectivity index (χ2n) is 8.44. The quantitative estimate of drug-likeness (QED) is 0.309. The molecule has 13 heteroatoms. The summed E-state index contributed by atoms with van der Waals surface area (Å²) in [6.45, 7) is 5.67. The van der Waals surface area contributed by atoms with Gasteiger partial charge < -0.3 is 30.3 Å². The van der Waals surface area contributed by atoms with E-state index in [0.717, 1.165) is 4.90 Å². The summed E-state index contributed by atoms with van der Waals surface area (Å²) in [5.41, 5.74) is 0.398. The molecule has 0 unspecified atom stereocenters. The van der Waals surface area contributed by atoms with Crippen LogP contribution in [-0.2, 0) is 20.8 Å². The van der Waals surface area contributed by atoms with Crippen LogP contribution in [0.2, 0.25) is 0 Å². The van der Waals surface area contributed by atoms with Gasteiger partial charge in [-0.3, -0.25) is 19.3 Å². The molecule has 1 saturated heterocycles. The molecule has 0 aromatic heterocycles. The first kappa shape index (κ1) is 25.0. The van der Waals surface area contributed by atoms with Crippen LogP contribution in [0.25, 0.3) is 0 Å². The third kappa shape index (κ3) is 4.98. The highest BCUT2D eigenvalue weighted by Crippen LogP contribution is 2.30. The van der Waals surface area contributed by atoms with E-state index in [9.17, 15) is 34.1 Å². The fourth-order valence-corrected chi connectivity index (χ4v) is 3.90. The van der Waals surface area contributed by atoms with Gasteiger partial charge in [-0.05, 0) is 30.9 Å². The van der Waals surface area contributed by atoms with Crippen LogP contribution < -0.4 is 15.3 Å². The lowest BCUT2D eigenvalue weighted by atomic mass is 9.72. The third-order valence-electron chi connectivity index (χ3n) is 5.84. The molecule has 0 saturated carbocycles. The number of urea groups is 1. The van der Waals surface area contributed by atoms with Gasteiger partial charge in [0.1, 0.15) is 11.8 Å². The number of aromatic carboxylic acids is 1. The highest BCUT2D eigenvalue weighted by atomic mass is 16.5. The predicted molar refractivity (Wildman–Crippen MR) is 119 cm³/mol. The van der Waals surface area contributed by atoms with Crippen LogP contribution >= 0.6 is 0 Å². The molecule has 0 aliphatic carbocycles. The molecule has 0 radical (unpaired) electrons. The number of likely N-dealkylation sites (N-methyl/N-ethyl adjacent to an activating group) is 1. The van der Waals surface area contributed by atoms with Gasteiger partial charge in [-0.25, -0.2) is 9.59 Å². The number of para-hydroxylation sites is 1. The minimum atomic E-state index is -1.51. The molecule has 5 amide bonds. The smallest absolute Gasteiger partial charge is 0.534 e. The molecule has 0 spiro atoms. The summed E-state index contributed by atoms with van der Waals surface area (Å²) in [5.74, 6) is -4.83. The normalized spacial score (nSPS) is 18.9. The van der Waals surface area contributed by atoms with Crippen molar-refractivity contribution < 1.29 is 38.8 Å². The van der Waals surface area contributed by atoms with Crippen molar-refractivity contribution in [2.45, 2.75) is 39.2 Å². The van der Waals surface area contributed by atoms with Crippen molar-refractivity contribution in [3.05, 3.63) is 29.3 Å². The number of nitrogens with zero attached hydrogens (tertiary/aromatic N) is 2. The molecule has 12 nitrogen and oxygen atoms in total. The van der Waals surface area contributed by atoms with Gasteiger partial charge in [-0.15, -0.1) is 0 Å². The highest BCUT2D eigenvalue weighted by molar-refractivity contribution is 6.47. The number of imide groups is 1. The van der Waals surface area contributed by atoms with Crippen LogP contribution in [-0.4, -0.2) is 88.4 Å². The zero-order valence-corrected chi connectivity index (χ0v) is 19.1. The van der Waals surface area contributed by atoms with Crippen LogP contribution in [0.1, 0.15) is 36.7 Å². The minimum Gasteiger partial charge on any atom is -0.534 e. The molecule has 2 aliphatic rings. The Morgan fingerprint density at radius 2 is 1.91 bits per heavy atom. The van der Waals surface area contributed by atoms with Crippen LogP contribution in [0, 0.1) is 5.92 Å².